The summed E-state index contributed by atoms with van der Waals surface area (Å²) < 4.78 is 25.1. The second kappa shape index (κ2) is 4.58. The molecule has 3 heterocycles. The number of phenols is 1. The van der Waals surface area contributed by atoms with Gasteiger partial charge in [0.15, 0.2) is 23.1 Å². The molecule has 1 fully saturated rings. The van der Waals surface area contributed by atoms with E-state index in [9.17, 15) is 14.3 Å². The van der Waals surface area contributed by atoms with E-state index in [-0.39, 0.29) is 36.2 Å². The maximum Gasteiger partial charge on any atom is 0.262 e. The first kappa shape index (κ1) is 14.3. The summed E-state index contributed by atoms with van der Waals surface area (Å²) in [6, 6.07) is 2.29. The summed E-state index contributed by atoms with van der Waals surface area (Å²) in [6.45, 7) is 0.773. The standard InChI is InChI=1S/C15H16FN3O4/c1-19-13(21)15(18-14(19)17)7-4-10(20)9(16)5-12(7)23-11-2-3-22-6-8(11)15/h4-5,8,11,20H,2-3,6H2,1H3,(H2,17,18). The fraction of sp³-hybridized carbons (Fsp3) is 0.467. The normalized spacial score (nSPS) is 32.3. The van der Waals surface area contributed by atoms with Crippen LogP contribution in [0.4, 0.5) is 4.39 Å². The molecule has 1 spiro atoms. The molecule has 4 rings (SSSR count). The van der Waals surface area contributed by atoms with Crippen molar-refractivity contribution >= 4 is 11.9 Å². The van der Waals surface area contributed by atoms with Crippen LogP contribution in [-0.2, 0) is 15.1 Å². The van der Waals surface area contributed by atoms with Crippen LogP contribution in [0.15, 0.2) is 17.1 Å². The Morgan fingerprint density at radius 3 is 3.00 bits per heavy atom. The number of phenolic OH excluding ortho intramolecular Hbond substituents is 1. The maximum absolute atomic E-state index is 13.7. The van der Waals surface area contributed by atoms with E-state index in [0.29, 0.717) is 18.6 Å². The van der Waals surface area contributed by atoms with E-state index in [2.05, 4.69) is 4.99 Å². The average Bonchev–Trinajstić information content (AvgIpc) is 2.75. The molecule has 23 heavy (non-hydrogen) atoms. The number of fused-ring (bicyclic) bond motifs is 4. The number of likely N-dealkylation sites (N-methyl/N-ethyl adjacent to an activating group) is 1. The molecule has 1 amide bonds. The van der Waals surface area contributed by atoms with Crippen LogP contribution in [0.5, 0.6) is 11.5 Å². The van der Waals surface area contributed by atoms with Crippen molar-refractivity contribution in [2.75, 3.05) is 20.3 Å². The number of nitrogens with two attached hydrogens (primary N) is 1. The minimum absolute atomic E-state index is 0.0796. The highest BCUT2D eigenvalue weighted by Crippen LogP contribution is 2.51. The minimum Gasteiger partial charge on any atom is -0.505 e. The van der Waals surface area contributed by atoms with Gasteiger partial charge in [-0.2, -0.15) is 0 Å². The van der Waals surface area contributed by atoms with Gasteiger partial charge in [-0.3, -0.25) is 9.69 Å². The number of aromatic hydroxyl groups is 1. The number of hydrogen-bond acceptors (Lipinski definition) is 6. The largest absolute Gasteiger partial charge is 0.505 e. The van der Waals surface area contributed by atoms with Crippen LogP contribution in [0, 0.1) is 11.7 Å². The van der Waals surface area contributed by atoms with Crippen molar-refractivity contribution in [3.63, 3.8) is 0 Å². The van der Waals surface area contributed by atoms with Gasteiger partial charge in [-0.1, -0.05) is 0 Å². The van der Waals surface area contributed by atoms with E-state index in [1.54, 1.807) is 0 Å². The number of ether oxygens (including phenoxy) is 2. The average molecular weight is 321 g/mol. The quantitative estimate of drug-likeness (QED) is 0.717. The third-order valence-corrected chi connectivity index (χ3v) is 4.83. The van der Waals surface area contributed by atoms with Crippen LogP contribution in [0.1, 0.15) is 12.0 Å². The van der Waals surface area contributed by atoms with Crippen LogP contribution in [-0.4, -0.2) is 48.2 Å². The summed E-state index contributed by atoms with van der Waals surface area (Å²) in [5.41, 5.74) is 4.83. The molecule has 0 aliphatic carbocycles. The lowest BCUT2D eigenvalue weighted by Crippen LogP contribution is -2.56. The van der Waals surface area contributed by atoms with Crippen molar-refractivity contribution < 1.29 is 23.8 Å². The number of rotatable bonds is 0. The van der Waals surface area contributed by atoms with Gasteiger partial charge in [0.25, 0.3) is 5.91 Å². The number of carbonyl (C=O) groups excluding carboxylic acids is 1. The summed E-state index contributed by atoms with van der Waals surface area (Å²) in [5, 5.41) is 9.77. The number of nitrogens with zero attached hydrogens (tertiary/aromatic N) is 2. The van der Waals surface area contributed by atoms with E-state index < -0.39 is 17.1 Å². The molecule has 1 aromatic rings. The molecule has 1 aromatic carbocycles. The fourth-order valence-corrected chi connectivity index (χ4v) is 3.63. The van der Waals surface area contributed by atoms with Crippen molar-refractivity contribution in [2.24, 2.45) is 16.6 Å². The minimum atomic E-state index is -1.34. The molecule has 3 aliphatic rings. The summed E-state index contributed by atoms with van der Waals surface area (Å²) in [5.74, 6) is -1.78. The Balaban J connectivity index is 1.99. The summed E-state index contributed by atoms with van der Waals surface area (Å²) in [7, 11) is 1.53. The Kier molecular flexibility index (Phi) is 2.84. The number of hydrogen-bond donors (Lipinski definition) is 2. The molecule has 122 valence electrons. The fourth-order valence-electron chi connectivity index (χ4n) is 3.63. The second-order valence-electron chi connectivity index (χ2n) is 6.03. The van der Waals surface area contributed by atoms with Crippen molar-refractivity contribution in [3.05, 3.63) is 23.5 Å². The van der Waals surface area contributed by atoms with Crippen molar-refractivity contribution in [1.82, 2.24) is 4.90 Å². The van der Waals surface area contributed by atoms with Gasteiger partial charge >= 0.3 is 0 Å². The highest BCUT2D eigenvalue weighted by atomic mass is 19.1. The summed E-state index contributed by atoms with van der Waals surface area (Å²) >= 11 is 0. The van der Waals surface area contributed by atoms with E-state index in [4.69, 9.17) is 15.2 Å². The predicted molar refractivity (Wildman–Crippen MR) is 77.5 cm³/mol. The molecule has 0 bridgehead atoms. The molecule has 3 N–H and O–H groups in total. The van der Waals surface area contributed by atoms with Gasteiger partial charge in [-0.05, 0) is 6.07 Å². The molecule has 7 nitrogen and oxygen atoms in total. The highest BCUT2D eigenvalue weighted by molar-refractivity contribution is 6.07. The Morgan fingerprint density at radius 2 is 2.30 bits per heavy atom. The number of benzene rings is 1. The molecule has 0 aromatic heterocycles. The van der Waals surface area contributed by atoms with E-state index in [1.807, 2.05) is 0 Å². The first-order chi connectivity index (χ1) is 10.9. The monoisotopic (exact) mass is 321 g/mol. The lowest BCUT2D eigenvalue weighted by atomic mass is 9.71. The number of halogens is 1. The zero-order valence-corrected chi connectivity index (χ0v) is 12.5. The second-order valence-corrected chi connectivity index (χ2v) is 6.03. The lowest BCUT2D eigenvalue weighted by molar-refractivity contribution is -0.141. The molecule has 8 heteroatoms. The van der Waals surface area contributed by atoms with Crippen LogP contribution in [0.2, 0.25) is 0 Å². The van der Waals surface area contributed by atoms with Gasteiger partial charge in [-0.15, -0.1) is 0 Å². The van der Waals surface area contributed by atoms with Crippen LogP contribution in [0.25, 0.3) is 0 Å². The molecule has 0 saturated carbocycles. The van der Waals surface area contributed by atoms with Gasteiger partial charge in [0.1, 0.15) is 11.9 Å². The highest BCUT2D eigenvalue weighted by Gasteiger charge is 2.60. The molecule has 1 saturated heterocycles. The SMILES string of the molecule is CN1C(=O)C2(N=C1N)c1cc(O)c(F)cc1OC1CCOCC12. The first-order valence-electron chi connectivity index (χ1n) is 7.36. The Hall–Kier alpha value is -2.35. The molecule has 0 radical (unpaired) electrons. The van der Waals surface area contributed by atoms with E-state index in [1.165, 1.54) is 18.0 Å². The van der Waals surface area contributed by atoms with Gasteiger partial charge < -0.3 is 20.3 Å². The Morgan fingerprint density at radius 1 is 1.52 bits per heavy atom. The topological polar surface area (TPSA) is 97.4 Å². The molecular formula is C15H16FN3O4. The van der Waals surface area contributed by atoms with E-state index in [0.717, 1.165) is 6.07 Å². The predicted octanol–water partition coefficient (Wildman–Crippen LogP) is 0.311. The van der Waals surface area contributed by atoms with Gasteiger partial charge in [0, 0.05) is 25.1 Å². The zero-order valence-electron chi connectivity index (χ0n) is 12.5. The lowest BCUT2D eigenvalue weighted by Gasteiger charge is -2.45. The van der Waals surface area contributed by atoms with Crippen LogP contribution in [0.3, 0.4) is 0 Å². The maximum atomic E-state index is 13.7. The number of amides is 1. The van der Waals surface area contributed by atoms with Crippen molar-refractivity contribution in [3.8, 4) is 11.5 Å². The smallest absolute Gasteiger partial charge is 0.262 e. The van der Waals surface area contributed by atoms with Gasteiger partial charge in [-0.25, -0.2) is 9.38 Å². The number of guanidine groups is 1. The third-order valence-electron chi connectivity index (χ3n) is 4.83. The zero-order chi connectivity index (χ0) is 16.4. The molecule has 3 unspecified atom stereocenters. The van der Waals surface area contributed by atoms with Crippen LogP contribution >= 0.6 is 0 Å². The molecular weight excluding hydrogens is 305 g/mol. The van der Waals surface area contributed by atoms with Crippen LogP contribution < -0.4 is 10.5 Å². The summed E-state index contributed by atoms with van der Waals surface area (Å²) in [4.78, 5) is 18.6. The summed E-state index contributed by atoms with van der Waals surface area (Å²) in [6.07, 6.45) is 0.244. The van der Waals surface area contributed by atoms with Gasteiger partial charge in [0.2, 0.25) is 0 Å². The molecule has 3 aliphatic heterocycles. The molecule has 3 atom stereocenters. The first-order valence-corrected chi connectivity index (χ1v) is 7.36. The third kappa shape index (κ3) is 1.72. The Labute approximate surface area is 131 Å². The van der Waals surface area contributed by atoms with Crippen molar-refractivity contribution in [2.45, 2.75) is 18.1 Å². The van der Waals surface area contributed by atoms with Crippen molar-refractivity contribution in [1.29, 1.82) is 0 Å². The van der Waals surface area contributed by atoms with Gasteiger partial charge in [0.05, 0.1) is 19.1 Å². The Bertz CT molecular complexity index is 738. The number of carbonyl (C=O) groups is 1. The van der Waals surface area contributed by atoms with E-state index >= 15 is 0 Å². The number of aliphatic imine (C=N–C) groups is 1.